The van der Waals surface area contributed by atoms with Crippen LogP contribution in [0.1, 0.15) is 12.5 Å². The van der Waals surface area contributed by atoms with E-state index in [1.165, 1.54) is 23.8 Å². The average Bonchev–Trinajstić information content (AvgIpc) is 3.05. The molecule has 2 aromatic rings. The molecule has 1 aliphatic rings. The monoisotopic (exact) mass is 537 g/mol. The molecule has 2 aromatic carbocycles. The van der Waals surface area contributed by atoms with Gasteiger partial charge in [0, 0.05) is 0 Å². The molecule has 1 aliphatic heterocycles. The zero-order valence-electron chi connectivity index (χ0n) is 17.5. The van der Waals surface area contributed by atoms with Gasteiger partial charge in [-0.25, -0.2) is 4.79 Å². The number of halogens is 1. The molecule has 10 heteroatoms. The molecule has 3 rings (SSSR count). The van der Waals surface area contributed by atoms with Crippen LogP contribution in [0.25, 0.3) is 6.08 Å². The highest BCUT2D eigenvalue weighted by Crippen LogP contribution is 2.40. The first kappa shape index (κ1) is 24.1. The van der Waals surface area contributed by atoms with Crippen LogP contribution in [-0.2, 0) is 14.3 Å². The van der Waals surface area contributed by atoms with Crippen molar-refractivity contribution < 1.29 is 28.5 Å². The average molecular weight is 538 g/mol. The Morgan fingerprint density at radius 2 is 1.91 bits per heavy atom. The number of benzene rings is 2. The number of thiocarbonyl (C=S) groups is 1. The number of anilines is 1. The minimum absolute atomic E-state index is 0.220. The van der Waals surface area contributed by atoms with Crippen LogP contribution >= 0.6 is 39.9 Å². The molecule has 1 fully saturated rings. The van der Waals surface area contributed by atoms with Crippen LogP contribution in [0.15, 0.2) is 45.8 Å². The predicted molar refractivity (Wildman–Crippen MR) is 131 cm³/mol. The quantitative estimate of drug-likeness (QED) is 0.269. The molecule has 0 atom stereocenters. The van der Waals surface area contributed by atoms with Gasteiger partial charge in [0.15, 0.2) is 22.4 Å². The largest absolute Gasteiger partial charge is 0.497 e. The molecule has 1 saturated heterocycles. The van der Waals surface area contributed by atoms with Gasteiger partial charge in [-0.3, -0.25) is 9.69 Å². The third-order valence-electron chi connectivity index (χ3n) is 4.31. The van der Waals surface area contributed by atoms with Crippen molar-refractivity contribution in [2.75, 3.05) is 32.3 Å². The molecule has 0 radical (unpaired) electrons. The molecule has 0 aromatic heterocycles. The maximum atomic E-state index is 13.0. The fraction of sp³-hybridized carbons (Fsp3) is 0.227. The van der Waals surface area contributed by atoms with Gasteiger partial charge >= 0.3 is 5.97 Å². The number of amides is 1. The normalized spacial score (nSPS) is 14.6. The number of esters is 1. The Morgan fingerprint density at radius 1 is 1.19 bits per heavy atom. The van der Waals surface area contributed by atoms with Gasteiger partial charge in [0.1, 0.15) is 5.75 Å². The third kappa shape index (κ3) is 5.43. The number of nitrogens with zero attached hydrogens (tertiary/aromatic N) is 1. The lowest BCUT2D eigenvalue weighted by atomic mass is 10.1. The van der Waals surface area contributed by atoms with Gasteiger partial charge in [0.25, 0.3) is 5.91 Å². The number of carbonyl (C=O) groups is 2. The Balaban J connectivity index is 1.84. The van der Waals surface area contributed by atoms with E-state index in [0.29, 0.717) is 42.2 Å². The predicted octanol–water partition coefficient (Wildman–Crippen LogP) is 4.81. The Hall–Kier alpha value is -2.56. The first-order valence-electron chi connectivity index (χ1n) is 9.45. The second-order valence-corrected chi connectivity index (χ2v) is 8.87. The van der Waals surface area contributed by atoms with Gasteiger partial charge in [-0.05, 0) is 70.9 Å². The van der Waals surface area contributed by atoms with Crippen molar-refractivity contribution in [3.05, 3.63) is 51.3 Å². The van der Waals surface area contributed by atoms with E-state index in [9.17, 15) is 9.59 Å². The van der Waals surface area contributed by atoms with Gasteiger partial charge in [-0.15, -0.1) is 0 Å². The second-order valence-electron chi connectivity index (χ2n) is 6.34. The van der Waals surface area contributed by atoms with E-state index in [0.717, 1.165) is 0 Å². The number of thioether (sulfide) groups is 1. The van der Waals surface area contributed by atoms with Crippen molar-refractivity contribution in [3.8, 4) is 17.2 Å². The van der Waals surface area contributed by atoms with Crippen molar-refractivity contribution in [1.29, 1.82) is 0 Å². The third-order valence-corrected chi connectivity index (χ3v) is 6.20. The highest BCUT2D eigenvalue weighted by molar-refractivity contribution is 9.10. The van der Waals surface area contributed by atoms with Crippen molar-refractivity contribution >= 4 is 67.9 Å². The van der Waals surface area contributed by atoms with Crippen molar-refractivity contribution in [1.82, 2.24) is 0 Å². The summed E-state index contributed by atoms with van der Waals surface area (Å²) in [4.78, 5) is 26.6. The van der Waals surface area contributed by atoms with Crippen LogP contribution in [0.3, 0.4) is 0 Å². The van der Waals surface area contributed by atoms with Crippen LogP contribution in [0.4, 0.5) is 5.69 Å². The Morgan fingerprint density at radius 3 is 2.53 bits per heavy atom. The topological polar surface area (TPSA) is 74.3 Å². The lowest BCUT2D eigenvalue weighted by Crippen LogP contribution is -2.27. The fourth-order valence-corrected chi connectivity index (χ4v) is 4.74. The molecule has 0 aliphatic carbocycles. The van der Waals surface area contributed by atoms with Gasteiger partial charge in [0.05, 0.1) is 35.9 Å². The number of ether oxygens (including phenoxy) is 4. The van der Waals surface area contributed by atoms with Gasteiger partial charge in [-0.1, -0.05) is 24.0 Å². The summed E-state index contributed by atoms with van der Waals surface area (Å²) in [5.41, 5.74) is 1.37. The van der Waals surface area contributed by atoms with E-state index in [1.54, 1.807) is 56.5 Å². The van der Waals surface area contributed by atoms with Crippen molar-refractivity contribution in [2.45, 2.75) is 6.92 Å². The molecule has 0 saturated carbocycles. The highest BCUT2D eigenvalue weighted by Gasteiger charge is 2.33. The molecule has 1 heterocycles. The van der Waals surface area contributed by atoms with Crippen LogP contribution in [-0.4, -0.2) is 43.6 Å². The van der Waals surface area contributed by atoms with Crippen LogP contribution < -0.4 is 19.1 Å². The highest BCUT2D eigenvalue weighted by atomic mass is 79.9. The molecule has 168 valence electrons. The number of carbonyl (C=O) groups excluding carboxylic acids is 2. The molecule has 32 heavy (non-hydrogen) atoms. The van der Waals surface area contributed by atoms with Gasteiger partial charge < -0.3 is 18.9 Å². The number of rotatable bonds is 8. The molecule has 1 amide bonds. The maximum absolute atomic E-state index is 13.0. The minimum Gasteiger partial charge on any atom is -0.497 e. The standard InChI is InChI=1S/C22H20BrNO6S2/c1-4-29-19(25)12-30-20-16(23)9-13(10-17(20)28-3)11-18-21(26)24(22(31)32-18)14-5-7-15(27-2)8-6-14/h5-11H,4,12H2,1-3H3/b18-11+. The maximum Gasteiger partial charge on any atom is 0.344 e. The zero-order chi connectivity index (χ0) is 23.3. The summed E-state index contributed by atoms with van der Waals surface area (Å²) in [6, 6.07) is 10.6. The second kappa shape index (κ2) is 10.8. The molecule has 0 unspecified atom stereocenters. The molecule has 7 nitrogen and oxygen atoms in total. The molecule has 0 spiro atoms. The van der Waals surface area contributed by atoms with Crippen LogP contribution in [0, 0.1) is 0 Å². The fourth-order valence-electron chi connectivity index (χ4n) is 2.87. The number of hydrogen-bond acceptors (Lipinski definition) is 8. The first-order valence-corrected chi connectivity index (χ1v) is 11.5. The summed E-state index contributed by atoms with van der Waals surface area (Å²) in [5.74, 6) is 0.761. The summed E-state index contributed by atoms with van der Waals surface area (Å²) in [7, 11) is 3.07. The molecule has 0 N–H and O–H groups in total. The Bertz CT molecular complexity index is 1070. The summed E-state index contributed by atoms with van der Waals surface area (Å²) in [6.07, 6.45) is 1.73. The Kier molecular flexibility index (Phi) is 8.16. The Labute approximate surface area is 203 Å². The van der Waals surface area contributed by atoms with E-state index in [4.69, 9.17) is 31.2 Å². The molecular weight excluding hydrogens is 518 g/mol. The van der Waals surface area contributed by atoms with E-state index < -0.39 is 5.97 Å². The van der Waals surface area contributed by atoms with Crippen molar-refractivity contribution in [3.63, 3.8) is 0 Å². The summed E-state index contributed by atoms with van der Waals surface area (Å²) in [5, 5.41) is 0. The van der Waals surface area contributed by atoms with E-state index in [-0.39, 0.29) is 19.1 Å². The first-order chi connectivity index (χ1) is 15.4. The lowest BCUT2D eigenvalue weighted by Gasteiger charge is -2.15. The summed E-state index contributed by atoms with van der Waals surface area (Å²) < 4.78 is 22.0. The van der Waals surface area contributed by atoms with Crippen LogP contribution in [0.5, 0.6) is 17.2 Å². The summed E-state index contributed by atoms with van der Waals surface area (Å²) >= 11 is 10.1. The van der Waals surface area contributed by atoms with E-state index >= 15 is 0 Å². The van der Waals surface area contributed by atoms with E-state index in [2.05, 4.69) is 15.9 Å². The van der Waals surface area contributed by atoms with E-state index in [1.807, 2.05) is 0 Å². The summed E-state index contributed by atoms with van der Waals surface area (Å²) in [6.45, 7) is 1.75. The number of methoxy groups -OCH3 is 2. The number of hydrogen-bond donors (Lipinski definition) is 0. The molecular formula is C22H20BrNO6S2. The van der Waals surface area contributed by atoms with Gasteiger partial charge in [0.2, 0.25) is 0 Å². The SMILES string of the molecule is CCOC(=O)COc1c(Br)cc(/C=C2/SC(=S)N(c3ccc(OC)cc3)C2=O)cc1OC. The molecule has 0 bridgehead atoms. The van der Waals surface area contributed by atoms with Crippen LogP contribution in [0.2, 0.25) is 0 Å². The zero-order valence-corrected chi connectivity index (χ0v) is 20.8. The smallest absolute Gasteiger partial charge is 0.344 e. The lowest BCUT2D eigenvalue weighted by molar-refractivity contribution is -0.145. The minimum atomic E-state index is -0.479. The van der Waals surface area contributed by atoms with Gasteiger partial charge in [-0.2, -0.15) is 0 Å². The van der Waals surface area contributed by atoms with Crippen molar-refractivity contribution in [2.24, 2.45) is 0 Å².